The molecule has 0 heterocycles. The molecule has 0 fully saturated rings. The van der Waals surface area contributed by atoms with Crippen LogP contribution in [0.2, 0.25) is 5.02 Å². The van der Waals surface area contributed by atoms with Gasteiger partial charge in [-0.3, -0.25) is 4.99 Å². The van der Waals surface area contributed by atoms with E-state index in [2.05, 4.69) is 17.2 Å². The molecule has 1 aromatic rings. The van der Waals surface area contributed by atoms with Crippen LogP contribution in [0.1, 0.15) is 31.4 Å². The zero-order chi connectivity index (χ0) is 14.3. The zero-order valence-electron chi connectivity index (χ0n) is 10.9. The van der Waals surface area contributed by atoms with Gasteiger partial charge in [0.2, 0.25) is 0 Å². The van der Waals surface area contributed by atoms with Gasteiger partial charge in [-0.2, -0.15) is 0 Å². The smallest absolute Gasteiger partial charge is 0.188 e. The van der Waals surface area contributed by atoms with Crippen LogP contribution in [-0.4, -0.2) is 24.2 Å². The van der Waals surface area contributed by atoms with Gasteiger partial charge in [-0.05, 0) is 24.1 Å². The average Bonchev–Trinajstić information content (AvgIpc) is 2.39. The number of aliphatic hydroxyl groups excluding tert-OH is 1. The summed E-state index contributed by atoms with van der Waals surface area (Å²) in [5, 5.41) is 12.8. The Kier molecular flexibility index (Phi) is 6.59. The number of benzene rings is 1. The second-order valence-corrected chi connectivity index (χ2v) is 4.60. The molecular formula is C13H19ClFN3O. The first kappa shape index (κ1) is 15.7. The van der Waals surface area contributed by atoms with Gasteiger partial charge in [0, 0.05) is 6.54 Å². The summed E-state index contributed by atoms with van der Waals surface area (Å²) in [6, 6.07) is 4.16. The van der Waals surface area contributed by atoms with Crippen molar-refractivity contribution in [2.45, 2.75) is 25.9 Å². The predicted molar refractivity (Wildman–Crippen MR) is 75.8 cm³/mol. The molecule has 0 saturated heterocycles. The molecule has 0 spiro atoms. The van der Waals surface area contributed by atoms with E-state index in [9.17, 15) is 9.50 Å². The Labute approximate surface area is 117 Å². The average molecular weight is 288 g/mol. The van der Waals surface area contributed by atoms with Crippen molar-refractivity contribution in [1.29, 1.82) is 0 Å². The van der Waals surface area contributed by atoms with E-state index in [1.54, 1.807) is 6.07 Å². The van der Waals surface area contributed by atoms with Crippen molar-refractivity contribution in [3.05, 3.63) is 34.6 Å². The molecule has 6 heteroatoms. The summed E-state index contributed by atoms with van der Waals surface area (Å²) in [5.41, 5.74) is 6.05. The Morgan fingerprint density at radius 2 is 2.32 bits per heavy atom. The van der Waals surface area contributed by atoms with Crippen LogP contribution in [0, 0.1) is 5.82 Å². The van der Waals surface area contributed by atoms with Gasteiger partial charge < -0.3 is 16.2 Å². The summed E-state index contributed by atoms with van der Waals surface area (Å²) < 4.78 is 13.2. The maximum absolute atomic E-state index is 13.2. The third-order valence-corrected chi connectivity index (χ3v) is 2.91. The van der Waals surface area contributed by atoms with Crippen LogP contribution in [0.5, 0.6) is 0 Å². The van der Waals surface area contributed by atoms with Crippen LogP contribution in [0.4, 0.5) is 4.39 Å². The normalized spacial score (nSPS) is 13.4. The minimum atomic E-state index is -0.904. The lowest BCUT2D eigenvalue weighted by Crippen LogP contribution is -2.32. The van der Waals surface area contributed by atoms with Gasteiger partial charge >= 0.3 is 0 Å². The van der Waals surface area contributed by atoms with Crippen molar-refractivity contribution >= 4 is 17.6 Å². The van der Waals surface area contributed by atoms with Crippen molar-refractivity contribution in [2.75, 3.05) is 13.1 Å². The van der Waals surface area contributed by atoms with Gasteiger partial charge in [0.05, 0.1) is 17.7 Å². The number of hydrogen-bond donors (Lipinski definition) is 3. The van der Waals surface area contributed by atoms with Crippen LogP contribution >= 0.6 is 11.6 Å². The Morgan fingerprint density at radius 1 is 1.58 bits per heavy atom. The highest BCUT2D eigenvalue weighted by atomic mass is 35.5. The minimum absolute atomic E-state index is 0.0280. The molecule has 0 radical (unpaired) electrons. The number of nitrogens with zero attached hydrogens (tertiary/aromatic N) is 1. The van der Waals surface area contributed by atoms with Gasteiger partial charge in [0.15, 0.2) is 5.96 Å². The molecule has 0 aliphatic rings. The summed E-state index contributed by atoms with van der Waals surface area (Å²) in [5.74, 6) is -0.279. The fourth-order valence-corrected chi connectivity index (χ4v) is 1.58. The van der Waals surface area contributed by atoms with Crippen molar-refractivity contribution in [1.82, 2.24) is 5.32 Å². The van der Waals surface area contributed by atoms with Gasteiger partial charge in [0.1, 0.15) is 5.82 Å². The van der Waals surface area contributed by atoms with Gasteiger partial charge in [-0.1, -0.05) is 31.0 Å². The molecule has 0 saturated carbocycles. The van der Waals surface area contributed by atoms with Crippen LogP contribution in [0.25, 0.3) is 0 Å². The molecule has 1 rings (SSSR count). The lowest BCUT2D eigenvalue weighted by Gasteiger charge is -2.10. The number of nitrogens with one attached hydrogen (secondary N) is 1. The van der Waals surface area contributed by atoms with E-state index in [1.807, 2.05) is 0 Å². The number of hydrogen-bond acceptors (Lipinski definition) is 2. The maximum atomic E-state index is 13.2. The second kappa shape index (κ2) is 7.96. The summed E-state index contributed by atoms with van der Waals surface area (Å²) in [6.07, 6.45) is 1.16. The van der Waals surface area contributed by atoms with E-state index in [0.717, 1.165) is 19.4 Å². The predicted octanol–water partition coefficient (Wildman–Crippen LogP) is 2.22. The summed E-state index contributed by atoms with van der Waals surface area (Å²) in [7, 11) is 0. The first-order chi connectivity index (χ1) is 9.04. The quantitative estimate of drug-likeness (QED) is 0.427. The molecule has 1 unspecified atom stereocenters. The summed E-state index contributed by atoms with van der Waals surface area (Å²) in [4.78, 5) is 4.00. The van der Waals surface area contributed by atoms with Crippen molar-refractivity contribution in [2.24, 2.45) is 10.7 Å². The summed E-state index contributed by atoms with van der Waals surface area (Å²) >= 11 is 5.57. The molecule has 0 aliphatic carbocycles. The molecule has 0 bridgehead atoms. The number of guanidine groups is 1. The molecule has 106 valence electrons. The van der Waals surface area contributed by atoms with E-state index in [4.69, 9.17) is 17.3 Å². The number of rotatable bonds is 6. The number of nitrogens with two attached hydrogens (primary N) is 1. The molecule has 1 aromatic carbocycles. The standard InChI is InChI=1S/C13H19ClFN3O/c1-2-3-6-17-13(16)18-8-12(19)9-4-5-10(14)11(15)7-9/h4-5,7,12,19H,2-3,6,8H2,1H3,(H3,16,17,18). The monoisotopic (exact) mass is 287 g/mol. The summed E-state index contributed by atoms with van der Waals surface area (Å²) in [6.45, 7) is 2.90. The number of aliphatic hydroxyl groups is 1. The molecule has 1 atom stereocenters. The van der Waals surface area contributed by atoms with E-state index in [-0.39, 0.29) is 17.5 Å². The van der Waals surface area contributed by atoms with Crippen LogP contribution in [0.3, 0.4) is 0 Å². The molecule has 0 aliphatic heterocycles. The lowest BCUT2D eigenvalue weighted by atomic mass is 10.1. The van der Waals surface area contributed by atoms with E-state index >= 15 is 0 Å². The molecule has 4 nitrogen and oxygen atoms in total. The Balaban J connectivity index is 2.52. The zero-order valence-corrected chi connectivity index (χ0v) is 11.6. The number of aliphatic imine (C=N–C) groups is 1. The molecule has 0 aromatic heterocycles. The molecule has 19 heavy (non-hydrogen) atoms. The highest BCUT2D eigenvalue weighted by Gasteiger charge is 2.09. The topological polar surface area (TPSA) is 70.6 Å². The second-order valence-electron chi connectivity index (χ2n) is 4.20. The van der Waals surface area contributed by atoms with Crippen LogP contribution in [0.15, 0.2) is 23.2 Å². The lowest BCUT2D eigenvalue weighted by molar-refractivity contribution is 0.186. The largest absolute Gasteiger partial charge is 0.386 e. The van der Waals surface area contributed by atoms with E-state index in [1.165, 1.54) is 12.1 Å². The van der Waals surface area contributed by atoms with E-state index in [0.29, 0.717) is 5.56 Å². The Morgan fingerprint density at radius 3 is 2.95 bits per heavy atom. The molecule has 0 amide bonds. The van der Waals surface area contributed by atoms with Crippen molar-refractivity contribution < 1.29 is 9.50 Å². The number of unbranched alkanes of at least 4 members (excludes halogenated alkanes) is 1. The van der Waals surface area contributed by atoms with Crippen LogP contribution < -0.4 is 11.1 Å². The fraction of sp³-hybridized carbons (Fsp3) is 0.462. The highest BCUT2D eigenvalue weighted by Crippen LogP contribution is 2.20. The highest BCUT2D eigenvalue weighted by molar-refractivity contribution is 6.30. The van der Waals surface area contributed by atoms with Crippen molar-refractivity contribution in [3.63, 3.8) is 0 Å². The van der Waals surface area contributed by atoms with Crippen LogP contribution in [-0.2, 0) is 0 Å². The van der Waals surface area contributed by atoms with Crippen molar-refractivity contribution in [3.8, 4) is 0 Å². The third-order valence-electron chi connectivity index (χ3n) is 2.60. The minimum Gasteiger partial charge on any atom is -0.386 e. The SMILES string of the molecule is CCCCNC(N)=NCC(O)c1ccc(Cl)c(F)c1. The van der Waals surface area contributed by atoms with Gasteiger partial charge in [0.25, 0.3) is 0 Å². The fourth-order valence-electron chi connectivity index (χ4n) is 1.46. The van der Waals surface area contributed by atoms with Gasteiger partial charge in [-0.25, -0.2) is 4.39 Å². The third kappa shape index (κ3) is 5.44. The molecule has 4 N–H and O–H groups in total. The Bertz CT molecular complexity index is 440. The molecular weight excluding hydrogens is 269 g/mol. The van der Waals surface area contributed by atoms with Gasteiger partial charge in [-0.15, -0.1) is 0 Å². The first-order valence-corrected chi connectivity index (χ1v) is 6.59. The van der Waals surface area contributed by atoms with E-state index < -0.39 is 11.9 Å². The number of halogens is 2. The first-order valence-electron chi connectivity index (χ1n) is 6.21. The Hall–Kier alpha value is -1.33. The maximum Gasteiger partial charge on any atom is 0.188 e.